The molecule has 0 spiro atoms. The van der Waals surface area contributed by atoms with E-state index >= 15 is 0 Å². The van der Waals surface area contributed by atoms with E-state index < -0.39 is 11.6 Å². The smallest absolute Gasteiger partial charge is 0.147 e. The first-order chi connectivity index (χ1) is 10.0. The number of benzene rings is 2. The summed E-state index contributed by atoms with van der Waals surface area (Å²) in [6.45, 7) is 2.52. The van der Waals surface area contributed by atoms with Crippen molar-refractivity contribution in [3.63, 3.8) is 0 Å². The van der Waals surface area contributed by atoms with Gasteiger partial charge in [-0.15, -0.1) is 0 Å². The van der Waals surface area contributed by atoms with Crippen molar-refractivity contribution in [1.29, 1.82) is 0 Å². The van der Waals surface area contributed by atoms with Crippen LogP contribution in [0.3, 0.4) is 0 Å². The van der Waals surface area contributed by atoms with Gasteiger partial charge in [-0.05, 0) is 40.5 Å². The van der Waals surface area contributed by atoms with Crippen molar-refractivity contribution >= 4 is 33.0 Å². The zero-order valence-electron chi connectivity index (χ0n) is 11.4. The van der Waals surface area contributed by atoms with Crippen molar-refractivity contribution in [1.82, 2.24) is 0 Å². The van der Waals surface area contributed by atoms with Crippen LogP contribution < -0.4 is 15.8 Å². The Morgan fingerprint density at radius 2 is 1.95 bits per heavy atom. The maximum atomic E-state index is 13.8. The summed E-state index contributed by atoms with van der Waals surface area (Å²) in [6, 6.07) is 7.27. The lowest BCUT2D eigenvalue weighted by Crippen LogP contribution is -2.03. The molecule has 2 rings (SSSR count). The van der Waals surface area contributed by atoms with Crippen LogP contribution in [0.1, 0.15) is 13.3 Å². The van der Waals surface area contributed by atoms with Crippen LogP contribution in [0.4, 0.5) is 25.8 Å². The van der Waals surface area contributed by atoms with Crippen molar-refractivity contribution in [3.8, 4) is 5.75 Å². The maximum absolute atomic E-state index is 13.8. The Kier molecular flexibility index (Phi) is 5.01. The summed E-state index contributed by atoms with van der Waals surface area (Å²) in [4.78, 5) is 0. The highest BCUT2D eigenvalue weighted by atomic mass is 79.9. The van der Waals surface area contributed by atoms with E-state index in [2.05, 4.69) is 21.2 Å². The molecule has 0 amide bonds. The molecule has 0 saturated heterocycles. The molecule has 2 aromatic carbocycles. The fourth-order valence-electron chi connectivity index (χ4n) is 1.75. The van der Waals surface area contributed by atoms with E-state index in [0.29, 0.717) is 23.7 Å². The Morgan fingerprint density at radius 1 is 1.19 bits per heavy atom. The SMILES string of the molecule is CCCOc1cccc(Nc2cc(F)c(Br)cc2F)c1N. The third-order valence-electron chi connectivity index (χ3n) is 2.81. The Hall–Kier alpha value is -1.82. The van der Waals surface area contributed by atoms with E-state index in [0.717, 1.165) is 18.6 Å². The van der Waals surface area contributed by atoms with E-state index in [-0.39, 0.29) is 10.2 Å². The number of anilines is 3. The van der Waals surface area contributed by atoms with Gasteiger partial charge >= 0.3 is 0 Å². The number of hydrogen-bond acceptors (Lipinski definition) is 3. The lowest BCUT2D eigenvalue weighted by Gasteiger charge is -2.14. The summed E-state index contributed by atoms with van der Waals surface area (Å²) in [5.74, 6) is -0.627. The molecule has 0 aliphatic rings. The van der Waals surface area contributed by atoms with E-state index in [9.17, 15) is 8.78 Å². The normalized spacial score (nSPS) is 10.5. The first-order valence-corrected chi connectivity index (χ1v) is 7.25. The fourth-order valence-corrected chi connectivity index (χ4v) is 2.07. The van der Waals surface area contributed by atoms with Crippen LogP contribution in [0.15, 0.2) is 34.8 Å². The second-order valence-corrected chi connectivity index (χ2v) is 5.29. The summed E-state index contributed by atoms with van der Waals surface area (Å²) in [5.41, 5.74) is 6.80. The second kappa shape index (κ2) is 6.76. The zero-order chi connectivity index (χ0) is 15.4. The number of para-hydroxylation sites is 1. The van der Waals surface area contributed by atoms with Gasteiger partial charge in [0.1, 0.15) is 17.4 Å². The van der Waals surface area contributed by atoms with Crippen molar-refractivity contribution in [2.45, 2.75) is 13.3 Å². The Balaban J connectivity index is 2.29. The van der Waals surface area contributed by atoms with Gasteiger partial charge in [-0.25, -0.2) is 8.78 Å². The molecular formula is C15H15BrF2N2O. The predicted molar refractivity (Wildman–Crippen MR) is 84.0 cm³/mol. The number of halogens is 3. The van der Waals surface area contributed by atoms with Gasteiger partial charge in [-0.1, -0.05) is 13.0 Å². The highest BCUT2D eigenvalue weighted by Gasteiger charge is 2.11. The van der Waals surface area contributed by atoms with Crippen molar-refractivity contribution in [2.24, 2.45) is 0 Å². The van der Waals surface area contributed by atoms with Gasteiger partial charge in [-0.2, -0.15) is 0 Å². The van der Waals surface area contributed by atoms with Gasteiger partial charge in [0.2, 0.25) is 0 Å². The lowest BCUT2D eigenvalue weighted by atomic mass is 10.2. The van der Waals surface area contributed by atoms with Gasteiger partial charge in [0.05, 0.1) is 28.1 Å². The molecule has 0 unspecified atom stereocenters. The molecule has 0 bridgehead atoms. The molecular weight excluding hydrogens is 342 g/mol. The van der Waals surface area contributed by atoms with E-state index in [4.69, 9.17) is 10.5 Å². The van der Waals surface area contributed by atoms with Crippen LogP contribution >= 0.6 is 15.9 Å². The molecule has 6 heteroatoms. The zero-order valence-corrected chi connectivity index (χ0v) is 13.0. The van der Waals surface area contributed by atoms with Crippen molar-refractivity contribution < 1.29 is 13.5 Å². The number of rotatable bonds is 5. The van der Waals surface area contributed by atoms with Gasteiger partial charge in [0, 0.05) is 6.07 Å². The minimum absolute atomic E-state index is 0.00930. The molecule has 21 heavy (non-hydrogen) atoms. The molecule has 112 valence electrons. The largest absolute Gasteiger partial charge is 0.491 e. The Bertz CT molecular complexity index is 650. The number of ether oxygens (including phenoxy) is 1. The molecule has 3 N–H and O–H groups in total. The second-order valence-electron chi connectivity index (χ2n) is 4.44. The monoisotopic (exact) mass is 356 g/mol. The Labute approximate surface area is 130 Å². The molecule has 0 aliphatic heterocycles. The van der Waals surface area contributed by atoms with Gasteiger partial charge < -0.3 is 15.8 Å². The quantitative estimate of drug-likeness (QED) is 0.595. The molecule has 0 atom stereocenters. The molecule has 0 fully saturated rings. The number of nitrogens with one attached hydrogen (secondary N) is 1. The first-order valence-electron chi connectivity index (χ1n) is 6.45. The summed E-state index contributed by atoms with van der Waals surface area (Å²) < 4.78 is 32.9. The van der Waals surface area contributed by atoms with Crippen LogP contribution in [-0.2, 0) is 0 Å². The van der Waals surface area contributed by atoms with Gasteiger partial charge in [-0.3, -0.25) is 0 Å². The minimum Gasteiger partial charge on any atom is -0.491 e. The van der Waals surface area contributed by atoms with Crippen LogP contribution in [-0.4, -0.2) is 6.61 Å². The van der Waals surface area contributed by atoms with E-state index in [1.807, 2.05) is 6.92 Å². The fraction of sp³-hybridized carbons (Fsp3) is 0.200. The average Bonchev–Trinajstić information content (AvgIpc) is 2.45. The van der Waals surface area contributed by atoms with Crippen molar-refractivity contribution in [2.75, 3.05) is 17.7 Å². The van der Waals surface area contributed by atoms with E-state index in [1.165, 1.54) is 0 Å². The molecule has 0 aromatic heterocycles. The topological polar surface area (TPSA) is 47.3 Å². The molecule has 0 aliphatic carbocycles. The summed E-state index contributed by atoms with van der Waals surface area (Å²) in [6.07, 6.45) is 0.851. The number of hydrogen-bond donors (Lipinski definition) is 2. The maximum Gasteiger partial charge on any atom is 0.147 e. The lowest BCUT2D eigenvalue weighted by molar-refractivity contribution is 0.319. The predicted octanol–water partition coefficient (Wildman–Crippen LogP) is 4.84. The third-order valence-corrected chi connectivity index (χ3v) is 3.41. The van der Waals surface area contributed by atoms with Crippen LogP contribution in [0.5, 0.6) is 5.75 Å². The minimum atomic E-state index is -0.581. The van der Waals surface area contributed by atoms with Crippen LogP contribution in [0.2, 0.25) is 0 Å². The molecule has 0 radical (unpaired) electrons. The van der Waals surface area contributed by atoms with Crippen LogP contribution in [0.25, 0.3) is 0 Å². The highest BCUT2D eigenvalue weighted by molar-refractivity contribution is 9.10. The molecule has 2 aromatic rings. The highest BCUT2D eigenvalue weighted by Crippen LogP contribution is 2.33. The Morgan fingerprint density at radius 3 is 2.67 bits per heavy atom. The number of nitrogens with two attached hydrogens (primary N) is 1. The average molecular weight is 357 g/mol. The number of nitrogen functional groups attached to an aromatic ring is 1. The molecule has 3 nitrogen and oxygen atoms in total. The standard InChI is InChI=1S/C15H15BrF2N2O/c1-2-6-21-14-5-3-4-12(15(14)19)20-13-8-10(17)9(16)7-11(13)18/h3-5,7-8,20H,2,6,19H2,1H3. The summed E-state index contributed by atoms with van der Waals surface area (Å²) >= 11 is 2.93. The molecule has 0 heterocycles. The third kappa shape index (κ3) is 3.64. The van der Waals surface area contributed by atoms with E-state index in [1.54, 1.807) is 18.2 Å². The van der Waals surface area contributed by atoms with Crippen molar-refractivity contribution in [3.05, 3.63) is 46.4 Å². The first kappa shape index (κ1) is 15.6. The summed E-state index contributed by atoms with van der Waals surface area (Å²) in [5, 5.41) is 2.78. The van der Waals surface area contributed by atoms with Gasteiger partial charge in [0.25, 0.3) is 0 Å². The summed E-state index contributed by atoms with van der Waals surface area (Å²) in [7, 11) is 0. The van der Waals surface area contributed by atoms with Crippen LogP contribution in [0, 0.1) is 11.6 Å². The van der Waals surface area contributed by atoms with Gasteiger partial charge in [0.15, 0.2) is 0 Å². The molecule has 0 saturated carbocycles.